The normalized spacial score (nSPS) is 11.3. The van der Waals surface area contributed by atoms with E-state index in [9.17, 15) is 4.79 Å². The Morgan fingerprint density at radius 2 is 1.72 bits per heavy atom. The highest BCUT2D eigenvalue weighted by molar-refractivity contribution is 9.14. The van der Waals surface area contributed by atoms with Crippen LogP contribution < -0.4 is 5.32 Å². The highest BCUT2D eigenvalue weighted by Gasteiger charge is 2.01. The van der Waals surface area contributed by atoms with E-state index < -0.39 is 0 Å². The number of allylic oxidation sites excluding steroid dienone is 1. The van der Waals surface area contributed by atoms with Crippen LogP contribution in [-0.2, 0) is 4.79 Å². The molecule has 1 amide bonds. The predicted octanol–water partition coefficient (Wildman–Crippen LogP) is 5.04. The Labute approximate surface area is 128 Å². The third-order valence-corrected chi connectivity index (χ3v) is 4.31. The monoisotopic (exact) mass is 379 g/mol. The van der Waals surface area contributed by atoms with Crippen molar-refractivity contribution in [2.75, 3.05) is 6.54 Å². The van der Waals surface area contributed by atoms with Gasteiger partial charge in [0.1, 0.15) is 0 Å². The van der Waals surface area contributed by atoms with Crippen LogP contribution in [0.3, 0.4) is 0 Å². The van der Waals surface area contributed by atoms with Gasteiger partial charge in [0, 0.05) is 17.4 Å². The van der Waals surface area contributed by atoms with Crippen molar-refractivity contribution in [3.63, 3.8) is 0 Å². The van der Waals surface area contributed by atoms with E-state index in [4.69, 9.17) is 0 Å². The summed E-state index contributed by atoms with van der Waals surface area (Å²) in [4.78, 5) is 13.2. The quantitative estimate of drug-likeness (QED) is 0.394. The second-order valence-electron chi connectivity index (χ2n) is 4.28. The second-order valence-corrected chi connectivity index (χ2v) is 5.76. The first-order chi connectivity index (χ1) is 8.70. The molecular weight excluding hydrogens is 358 g/mol. The van der Waals surface area contributed by atoms with Crippen LogP contribution >= 0.6 is 31.9 Å². The summed E-state index contributed by atoms with van der Waals surface area (Å²) in [5.41, 5.74) is 0. The van der Waals surface area contributed by atoms with Gasteiger partial charge in [0.25, 0.3) is 0 Å². The van der Waals surface area contributed by atoms with Gasteiger partial charge in [-0.1, -0.05) is 63.6 Å². The highest BCUT2D eigenvalue weighted by atomic mass is 79.9. The van der Waals surface area contributed by atoms with Gasteiger partial charge in [0.05, 0.1) is 0 Å². The molecule has 0 spiro atoms. The lowest BCUT2D eigenvalue weighted by Crippen LogP contribution is -2.23. The van der Waals surface area contributed by atoms with E-state index in [-0.39, 0.29) is 5.91 Å². The molecule has 0 aliphatic rings. The lowest BCUT2D eigenvalue weighted by atomic mass is 10.1. The molecule has 104 valence electrons. The van der Waals surface area contributed by atoms with Gasteiger partial charge >= 0.3 is 0 Å². The molecule has 2 nitrogen and oxygen atoms in total. The third-order valence-electron chi connectivity index (χ3n) is 2.63. The maximum absolute atomic E-state index is 11.5. The van der Waals surface area contributed by atoms with E-state index in [2.05, 4.69) is 43.8 Å². The van der Waals surface area contributed by atoms with Crippen LogP contribution in [0.4, 0.5) is 0 Å². The van der Waals surface area contributed by atoms with Crippen LogP contribution in [0.1, 0.15) is 51.4 Å². The van der Waals surface area contributed by atoms with Crippen LogP contribution in [0.5, 0.6) is 0 Å². The molecule has 0 bridgehead atoms. The topological polar surface area (TPSA) is 29.1 Å². The fourth-order valence-corrected chi connectivity index (χ4v) is 1.89. The number of rotatable bonds is 11. The number of hydrogen-bond acceptors (Lipinski definition) is 1. The molecule has 0 radical (unpaired) electrons. The number of unbranched alkanes of at least 4 members (excludes halogenated alkanes) is 6. The van der Waals surface area contributed by atoms with Crippen molar-refractivity contribution in [1.82, 2.24) is 5.32 Å². The zero-order chi connectivity index (χ0) is 13.6. The van der Waals surface area contributed by atoms with Gasteiger partial charge in [0.15, 0.2) is 0 Å². The molecule has 0 rings (SSSR count). The van der Waals surface area contributed by atoms with Crippen molar-refractivity contribution >= 4 is 37.8 Å². The minimum absolute atomic E-state index is 0.132. The van der Waals surface area contributed by atoms with E-state index in [1.165, 1.54) is 25.7 Å². The van der Waals surface area contributed by atoms with Gasteiger partial charge in [-0.05, 0) is 24.2 Å². The van der Waals surface area contributed by atoms with Gasteiger partial charge < -0.3 is 5.32 Å². The summed E-state index contributed by atoms with van der Waals surface area (Å²) in [5, 5.41) is 2.86. The second kappa shape index (κ2) is 13.3. The molecule has 18 heavy (non-hydrogen) atoms. The van der Waals surface area contributed by atoms with Gasteiger partial charge in [-0.2, -0.15) is 0 Å². The summed E-state index contributed by atoms with van der Waals surface area (Å²) in [6.45, 7) is 4.27. The van der Waals surface area contributed by atoms with E-state index in [0.717, 1.165) is 23.7 Å². The van der Waals surface area contributed by atoms with E-state index >= 15 is 0 Å². The first-order valence-corrected chi connectivity index (χ1v) is 8.24. The summed E-state index contributed by atoms with van der Waals surface area (Å²) in [5.74, 6) is 0.132. The van der Waals surface area contributed by atoms with Crippen molar-refractivity contribution in [3.05, 3.63) is 22.1 Å². The zero-order valence-corrected chi connectivity index (χ0v) is 14.1. The fraction of sp³-hybridized carbons (Fsp3) is 0.643. The number of halogens is 2. The minimum atomic E-state index is 0.132. The van der Waals surface area contributed by atoms with Gasteiger partial charge in [-0.15, -0.1) is 6.58 Å². The summed E-state index contributed by atoms with van der Waals surface area (Å²) < 4.78 is 0.943. The standard InChI is InChI=1S/C14H23Br2NO/c1-2-3-4-5-6-7-8-9-10-14(18)17-12-13(16)11-15/h2,11H,1,3-10,12H2,(H,17,18)/b13-11-. The predicted molar refractivity (Wildman–Crippen MR) is 86.1 cm³/mol. The number of amides is 1. The molecule has 1 N–H and O–H groups in total. The lowest BCUT2D eigenvalue weighted by molar-refractivity contribution is -0.121. The Bertz CT molecular complexity index is 265. The number of carbonyl (C=O) groups excluding carboxylic acids is 1. The first kappa shape index (κ1) is 17.9. The van der Waals surface area contributed by atoms with Crippen molar-refractivity contribution < 1.29 is 4.79 Å². The molecule has 0 aromatic heterocycles. The van der Waals surface area contributed by atoms with Crippen molar-refractivity contribution in [1.29, 1.82) is 0 Å². The lowest BCUT2D eigenvalue weighted by Gasteiger charge is -2.04. The molecule has 4 heteroatoms. The van der Waals surface area contributed by atoms with Crippen LogP contribution in [-0.4, -0.2) is 12.5 Å². The van der Waals surface area contributed by atoms with E-state index in [1.807, 2.05) is 6.08 Å². The SMILES string of the molecule is C=CCCCCCCCCC(=O)NC/C(Br)=C/Br. The maximum Gasteiger partial charge on any atom is 0.220 e. The Morgan fingerprint density at radius 3 is 2.33 bits per heavy atom. The molecule has 0 fully saturated rings. The average Bonchev–Trinajstić information content (AvgIpc) is 2.39. The van der Waals surface area contributed by atoms with Crippen molar-refractivity contribution in [3.8, 4) is 0 Å². The number of hydrogen-bond donors (Lipinski definition) is 1. The molecule has 0 aliphatic heterocycles. The number of nitrogens with one attached hydrogen (secondary N) is 1. The van der Waals surface area contributed by atoms with Crippen LogP contribution in [0.2, 0.25) is 0 Å². The van der Waals surface area contributed by atoms with E-state index in [0.29, 0.717) is 13.0 Å². The molecule has 0 saturated carbocycles. The van der Waals surface area contributed by atoms with Crippen molar-refractivity contribution in [2.45, 2.75) is 51.4 Å². The molecule has 0 heterocycles. The zero-order valence-electron chi connectivity index (χ0n) is 10.9. The molecule has 0 saturated heterocycles. The summed E-state index contributed by atoms with van der Waals surface area (Å²) in [6.07, 6.45) is 10.9. The Balaban J connectivity index is 3.27. The smallest absolute Gasteiger partial charge is 0.220 e. The fourth-order valence-electron chi connectivity index (χ4n) is 1.59. The van der Waals surface area contributed by atoms with Gasteiger partial charge in [-0.3, -0.25) is 4.79 Å². The van der Waals surface area contributed by atoms with Crippen molar-refractivity contribution in [2.24, 2.45) is 0 Å². The van der Waals surface area contributed by atoms with Gasteiger partial charge in [0.2, 0.25) is 5.91 Å². The summed E-state index contributed by atoms with van der Waals surface area (Å²) >= 11 is 6.52. The molecule has 0 aromatic rings. The third kappa shape index (κ3) is 12.4. The van der Waals surface area contributed by atoms with Gasteiger partial charge in [-0.25, -0.2) is 0 Å². The van der Waals surface area contributed by atoms with Crippen LogP contribution in [0, 0.1) is 0 Å². The Hall–Kier alpha value is -0.0900. The Morgan fingerprint density at radius 1 is 1.11 bits per heavy atom. The number of carbonyl (C=O) groups is 1. The summed E-state index contributed by atoms with van der Waals surface area (Å²) in [7, 11) is 0. The minimum Gasteiger partial charge on any atom is -0.351 e. The first-order valence-electron chi connectivity index (χ1n) is 6.53. The molecule has 0 aliphatic carbocycles. The largest absolute Gasteiger partial charge is 0.351 e. The van der Waals surface area contributed by atoms with E-state index in [1.54, 1.807) is 4.99 Å². The van der Waals surface area contributed by atoms with Crippen LogP contribution in [0.25, 0.3) is 0 Å². The Kier molecular flexibility index (Phi) is 13.3. The molecule has 0 atom stereocenters. The molecule has 0 unspecified atom stereocenters. The average molecular weight is 381 g/mol. The molecular formula is C14H23Br2NO. The maximum atomic E-state index is 11.5. The molecule has 0 aromatic carbocycles. The summed E-state index contributed by atoms with van der Waals surface area (Å²) in [6, 6.07) is 0. The highest BCUT2D eigenvalue weighted by Crippen LogP contribution is 2.09. The van der Waals surface area contributed by atoms with Crippen LogP contribution in [0.15, 0.2) is 22.1 Å².